The van der Waals surface area contributed by atoms with Gasteiger partial charge in [-0.1, -0.05) is 209 Å². The third-order valence-electron chi connectivity index (χ3n) is 18.4. The lowest BCUT2D eigenvalue weighted by atomic mass is 9.35. The first kappa shape index (κ1) is 49.4. The minimum atomic E-state index is -2.71. The highest BCUT2D eigenvalue weighted by Crippen LogP contribution is 2.52. The lowest BCUT2D eigenvalue weighted by Gasteiger charge is -2.47. The van der Waals surface area contributed by atoms with Crippen LogP contribution in [0.3, 0.4) is 0 Å². The van der Waals surface area contributed by atoms with Crippen LogP contribution in [0.25, 0.3) is 22.1 Å². The van der Waals surface area contributed by atoms with E-state index in [-0.39, 0.29) is 28.4 Å². The van der Waals surface area contributed by atoms with Crippen molar-refractivity contribution in [3.05, 3.63) is 233 Å². The van der Waals surface area contributed by atoms with Crippen LogP contribution in [0.5, 0.6) is 0 Å². The fourth-order valence-corrected chi connectivity index (χ4v) is 18.8. The second-order valence-corrected chi connectivity index (χ2v) is 30.6. The summed E-state index contributed by atoms with van der Waals surface area (Å²) in [4.78, 5) is 4.83. The molecule has 2 aliphatic heterocycles. The standard InChI is InChI=1S/C75H75BN2OSi/c1-48-41-65-68-66(42-48)78(69-49(2)43-52(44-50(69)3)51-29-36-59(37-30-51)80(56-23-17-14-18-24-56,57-25-19-15-20-26-57)58-27-21-16-22-28-58)64-47-62-61(74(10,11)39-40-75(62,12)13)46-63(64)76(68)71-70(60-45-54(73(7,8)9)33-38-67(60)79-71)77(65)55-34-31-53(32-35-55)72(4,5)6/h14-38,41-47H,39-40H2,1-13H3/i34D,35D. The number of rotatable bonds is 7. The van der Waals surface area contributed by atoms with Crippen LogP contribution < -0.4 is 47.1 Å². The zero-order chi connectivity index (χ0) is 57.6. The number of benzene rings is 9. The van der Waals surface area contributed by atoms with Crippen molar-refractivity contribution >= 4 is 97.2 Å². The first-order valence-electron chi connectivity index (χ1n) is 30.0. The number of hydrogen-bond donors (Lipinski definition) is 0. The van der Waals surface area contributed by atoms with E-state index in [1.165, 1.54) is 70.8 Å². The number of anilines is 6. The maximum atomic E-state index is 9.95. The molecule has 9 aromatic carbocycles. The monoisotopic (exact) mass is 1060 g/mol. The van der Waals surface area contributed by atoms with Gasteiger partial charge >= 0.3 is 0 Å². The average Bonchev–Trinajstić information content (AvgIpc) is 1.39. The van der Waals surface area contributed by atoms with Crippen molar-refractivity contribution in [3.8, 4) is 11.1 Å². The quantitative estimate of drug-likeness (QED) is 0.117. The number of furan rings is 1. The van der Waals surface area contributed by atoms with Crippen molar-refractivity contribution in [2.75, 3.05) is 9.80 Å². The number of hydrogen-bond acceptors (Lipinski definition) is 3. The van der Waals surface area contributed by atoms with E-state index in [4.69, 9.17) is 4.42 Å². The minimum absolute atomic E-state index is 0.0444. The summed E-state index contributed by atoms with van der Waals surface area (Å²) in [7, 11) is -2.71. The molecule has 80 heavy (non-hydrogen) atoms. The molecule has 13 rings (SSSR count). The second kappa shape index (κ2) is 18.5. The first-order valence-corrected chi connectivity index (χ1v) is 31.0. The molecule has 0 spiro atoms. The Labute approximate surface area is 480 Å². The molecule has 3 aliphatic rings. The molecule has 0 bridgehead atoms. The lowest BCUT2D eigenvalue weighted by molar-refractivity contribution is 0.332. The van der Waals surface area contributed by atoms with Gasteiger partial charge in [0.2, 0.25) is 0 Å². The minimum Gasteiger partial charge on any atom is -0.468 e. The molecule has 0 N–H and O–H groups in total. The van der Waals surface area contributed by atoms with Gasteiger partial charge in [-0.2, -0.15) is 0 Å². The van der Waals surface area contributed by atoms with Crippen molar-refractivity contribution in [1.29, 1.82) is 0 Å². The van der Waals surface area contributed by atoms with Gasteiger partial charge in [-0.15, -0.1) is 0 Å². The van der Waals surface area contributed by atoms with E-state index < -0.39 is 8.07 Å². The number of nitrogens with zero attached hydrogens (tertiary/aromatic N) is 2. The Morgan fingerprint density at radius 1 is 0.500 bits per heavy atom. The zero-order valence-corrected chi connectivity index (χ0v) is 50.1. The summed E-state index contributed by atoms with van der Waals surface area (Å²) in [6.45, 7) is 29.5. The molecular formula is C75H75BN2OSi. The third-order valence-corrected chi connectivity index (χ3v) is 23.2. The molecule has 1 aromatic heterocycles. The molecule has 3 nitrogen and oxygen atoms in total. The van der Waals surface area contributed by atoms with Crippen LogP contribution in [-0.4, -0.2) is 14.8 Å². The molecule has 0 amide bonds. The molecule has 0 fully saturated rings. The van der Waals surface area contributed by atoms with Gasteiger partial charge in [-0.3, -0.25) is 0 Å². The van der Waals surface area contributed by atoms with E-state index in [1.54, 1.807) is 0 Å². The third kappa shape index (κ3) is 8.12. The predicted molar refractivity (Wildman–Crippen MR) is 346 cm³/mol. The fraction of sp³-hybridized carbons (Fsp3) is 0.253. The summed E-state index contributed by atoms with van der Waals surface area (Å²) < 4.78 is 27.3. The Bertz CT molecular complexity index is 4050. The second-order valence-electron chi connectivity index (χ2n) is 26.8. The van der Waals surface area contributed by atoms with E-state index in [1.807, 2.05) is 12.1 Å². The number of aryl methyl sites for hydroxylation is 3. The highest BCUT2D eigenvalue weighted by atomic mass is 28.3. The topological polar surface area (TPSA) is 19.6 Å². The summed E-state index contributed by atoms with van der Waals surface area (Å²) in [5.74, 6) is 0. The Balaban J connectivity index is 1.04. The van der Waals surface area contributed by atoms with E-state index >= 15 is 0 Å². The Morgan fingerprint density at radius 2 is 1.00 bits per heavy atom. The SMILES string of the molecule is [2H]c1cc(C(C)(C)C)cc([2H])c1N1c2cc(C)cc3c2B(c2cc4c(cc2N3c2c(C)cc(-c3ccc([Si](c5ccccc5)(c5ccccc5)c5ccccc5)cc3)cc2C)C(C)(C)CCC4(C)C)c2oc3ccc(C(C)(C)C)cc3c21. The van der Waals surface area contributed by atoms with Crippen LogP contribution in [0.2, 0.25) is 0 Å². The average molecular weight is 1060 g/mol. The molecule has 5 heteroatoms. The molecular weight excluding hydrogens is 984 g/mol. The Kier molecular flexibility index (Phi) is 11.4. The fourth-order valence-electron chi connectivity index (χ4n) is 14.0. The molecule has 0 saturated carbocycles. The smallest absolute Gasteiger partial charge is 0.297 e. The molecule has 0 saturated heterocycles. The first-order chi connectivity index (χ1) is 39.0. The molecule has 10 aromatic rings. The van der Waals surface area contributed by atoms with Gasteiger partial charge in [-0.05, 0) is 192 Å². The number of fused-ring (bicyclic) bond motifs is 7. The lowest BCUT2D eigenvalue weighted by Crippen LogP contribution is -2.74. The maximum Gasteiger partial charge on any atom is 0.297 e. The van der Waals surface area contributed by atoms with Crippen LogP contribution in [0.15, 0.2) is 198 Å². The molecule has 0 atom stereocenters. The predicted octanol–water partition coefficient (Wildman–Crippen LogP) is 15.4. The summed E-state index contributed by atoms with van der Waals surface area (Å²) in [6, 6.07) is 68.9. The summed E-state index contributed by atoms with van der Waals surface area (Å²) in [5, 5.41) is 6.43. The van der Waals surface area contributed by atoms with Gasteiger partial charge in [0.15, 0.2) is 8.07 Å². The van der Waals surface area contributed by atoms with Crippen molar-refractivity contribution in [2.45, 2.75) is 125 Å². The maximum absolute atomic E-state index is 9.95. The van der Waals surface area contributed by atoms with Crippen LogP contribution in [0.4, 0.5) is 34.1 Å². The largest absolute Gasteiger partial charge is 0.468 e. The molecule has 0 radical (unpaired) electrons. The van der Waals surface area contributed by atoms with Gasteiger partial charge in [0.05, 0.1) is 19.8 Å². The van der Waals surface area contributed by atoms with Crippen LogP contribution in [-0.2, 0) is 21.7 Å². The Hall–Kier alpha value is -7.60. The summed E-state index contributed by atoms with van der Waals surface area (Å²) in [6.07, 6.45) is 2.20. The highest BCUT2D eigenvalue weighted by Gasteiger charge is 2.50. The Morgan fingerprint density at radius 3 is 1.52 bits per heavy atom. The van der Waals surface area contributed by atoms with Crippen molar-refractivity contribution in [1.82, 2.24) is 0 Å². The summed E-state index contributed by atoms with van der Waals surface area (Å²) in [5.41, 5.74) is 20.3. The van der Waals surface area contributed by atoms with Crippen molar-refractivity contribution in [3.63, 3.8) is 0 Å². The van der Waals surface area contributed by atoms with Gasteiger partial charge in [0.25, 0.3) is 6.71 Å². The van der Waals surface area contributed by atoms with E-state index in [2.05, 4.69) is 270 Å². The van der Waals surface area contributed by atoms with Crippen LogP contribution in [0, 0.1) is 20.8 Å². The van der Waals surface area contributed by atoms with E-state index in [0.717, 1.165) is 68.8 Å². The van der Waals surface area contributed by atoms with Gasteiger partial charge in [-0.25, -0.2) is 0 Å². The van der Waals surface area contributed by atoms with E-state index in [9.17, 15) is 2.74 Å². The van der Waals surface area contributed by atoms with Gasteiger partial charge in [0.1, 0.15) is 5.58 Å². The van der Waals surface area contributed by atoms with Gasteiger partial charge < -0.3 is 14.2 Å². The molecule has 3 heterocycles. The van der Waals surface area contributed by atoms with Crippen LogP contribution in [0.1, 0.15) is 124 Å². The van der Waals surface area contributed by atoms with Crippen molar-refractivity contribution in [2.24, 2.45) is 0 Å². The van der Waals surface area contributed by atoms with Crippen LogP contribution >= 0.6 is 0 Å². The highest BCUT2D eigenvalue weighted by molar-refractivity contribution is 7.19. The van der Waals surface area contributed by atoms with E-state index in [0.29, 0.717) is 17.8 Å². The van der Waals surface area contributed by atoms with Gasteiger partial charge in [0, 0.05) is 28.1 Å². The normalized spacial score (nSPS) is 15.7. The summed E-state index contributed by atoms with van der Waals surface area (Å²) >= 11 is 0. The van der Waals surface area contributed by atoms with Crippen molar-refractivity contribution < 1.29 is 7.16 Å². The zero-order valence-electron chi connectivity index (χ0n) is 51.1. The molecule has 1 aliphatic carbocycles. The molecule has 398 valence electrons. The molecule has 0 unspecified atom stereocenters.